The molecule has 0 unspecified atom stereocenters. The van der Waals surface area contributed by atoms with Crippen molar-refractivity contribution in [3.63, 3.8) is 0 Å². The van der Waals surface area contributed by atoms with Crippen LogP contribution in [0.5, 0.6) is 0 Å². The van der Waals surface area contributed by atoms with E-state index in [0.29, 0.717) is 11.4 Å². The lowest BCUT2D eigenvalue weighted by molar-refractivity contribution is 0.0980. The molecule has 2 heterocycles. The van der Waals surface area contributed by atoms with Gasteiger partial charge in [0, 0.05) is 6.42 Å². The lowest BCUT2D eigenvalue weighted by atomic mass is 10.2. The summed E-state index contributed by atoms with van der Waals surface area (Å²) in [5.41, 5.74) is 5.31. The van der Waals surface area contributed by atoms with E-state index in [4.69, 9.17) is 5.73 Å². The van der Waals surface area contributed by atoms with Crippen molar-refractivity contribution in [3.8, 4) is 0 Å². The number of thioether (sulfide) groups is 1. The largest absolute Gasteiger partial charge is 0.369 e. The standard InChI is InChI=1S/C10H11N5O2S/c1-3-4(16)5-9(18-2)13-7-6(12-5)8(17)15-10(11)14-7/h3H2,1-2H3,(H3,11,13,14,15,17). The second-order valence-electron chi connectivity index (χ2n) is 3.48. The SMILES string of the molecule is CCC(=O)c1nc2c(=O)[nH]c(N)nc2nc1SC. The first-order chi connectivity index (χ1) is 8.56. The molecule has 0 atom stereocenters. The van der Waals surface area contributed by atoms with E-state index in [-0.39, 0.29) is 28.6 Å². The number of aromatic nitrogens is 4. The number of nitrogens with two attached hydrogens (primary N) is 1. The van der Waals surface area contributed by atoms with E-state index in [1.165, 1.54) is 11.8 Å². The lowest BCUT2D eigenvalue weighted by Crippen LogP contribution is -2.16. The first kappa shape index (κ1) is 12.5. The maximum atomic E-state index is 11.7. The van der Waals surface area contributed by atoms with Crippen molar-refractivity contribution < 1.29 is 4.79 Å². The highest BCUT2D eigenvalue weighted by Crippen LogP contribution is 2.19. The Kier molecular flexibility index (Phi) is 3.28. The van der Waals surface area contributed by atoms with E-state index in [1.807, 2.05) is 0 Å². The number of fused-ring (bicyclic) bond motifs is 1. The summed E-state index contributed by atoms with van der Waals surface area (Å²) in [7, 11) is 0. The molecule has 0 amide bonds. The molecule has 2 aromatic heterocycles. The van der Waals surface area contributed by atoms with Crippen LogP contribution in [-0.4, -0.2) is 32.0 Å². The number of Topliss-reactive ketones (excluding diaryl/α,β-unsaturated/α-hetero) is 1. The molecule has 2 rings (SSSR count). The molecule has 0 saturated heterocycles. The van der Waals surface area contributed by atoms with Crippen LogP contribution in [0.3, 0.4) is 0 Å². The summed E-state index contributed by atoms with van der Waals surface area (Å²) in [6.45, 7) is 1.73. The average Bonchev–Trinajstić information content (AvgIpc) is 2.36. The summed E-state index contributed by atoms with van der Waals surface area (Å²) < 4.78 is 0. The van der Waals surface area contributed by atoms with E-state index < -0.39 is 5.56 Å². The van der Waals surface area contributed by atoms with Gasteiger partial charge in [0.05, 0.1) is 0 Å². The van der Waals surface area contributed by atoms with Crippen LogP contribution in [-0.2, 0) is 0 Å². The average molecular weight is 265 g/mol. The summed E-state index contributed by atoms with van der Waals surface area (Å²) in [6, 6.07) is 0. The molecule has 2 aromatic rings. The molecule has 0 aliphatic rings. The predicted molar refractivity (Wildman–Crippen MR) is 68.8 cm³/mol. The minimum Gasteiger partial charge on any atom is -0.369 e. The topological polar surface area (TPSA) is 115 Å². The quantitative estimate of drug-likeness (QED) is 0.617. The van der Waals surface area contributed by atoms with Gasteiger partial charge in [0.1, 0.15) is 10.7 Å². The van der Waals surface area contributed by atoms with Gasteiger partial charge in [0.25, 0.3) is 5.56 Å². The smallest absolute Gasteiger partial charge is 0.280 e. The van der Waals surface area contributed by atoms with E-state index in [9.17, 15) is 9.59 Å². The molecule has 7 nitrogen and oxygen atoms in total. The van der Waals surface area contributed by atoms with Crippen LogP contribution < -0.4 is 11.3 Å². The maximum Gasteiger partial charge on any atom is 0.280 e. The van der Waals surface area contributed by atoms with Crippen LogP contribution in [0.1, 0.15) is 23.8 Å². The zero-order valence-electron chi connectivity index (χ0n) is 9.85. The molecule has 0 bridgehead atoms. The minimum atomic E-state index is -0.497. The van der Waals surface area contributed by atoms with Crippen molar-refractivity contribution in [1.82, 2.24) is 19.9 Å². The zero-order chi connectivity index (χ0) is 13.3. The number of anilines is 1. The second-order valence-corrected chi connectivity index (χ2v) is 4.28. The van der Waals surface area contributed by atoms with Gasteiger partial charge < -0.3 is 5.73 Å². The van der Waals surface area contributed by atoms with E-state index in [2.05, 4.69) is 19.9 Å². The minimum absolute atomic E-state index is 0.0246. The summed E-state index contributed by atoms with van der Waals surface area (Å²) in [5, 5.41) is 0.451. The maximum absolute atomic E-state index is 11.7. The third-order valence-electron chi connectivity index (χ3n) is 2.31. The van der Waals surface area contributed by atoms with Crippen molar-refractivity contribution in [2.24, 2.45) is 0 Å². The Labute approximate surface area is 106 Å². The summed E-state index contributed by atoms with van der Waals surface area (Å²) in [6.07, 6.45) is 2.08. The van der Waals surface area contributed by atoms with Gasteiger partial charge in [-0.1, -0.05) is 6.92 Å². The molecule has 0 aliphatic heterocycles. The molecule has 0 fully saturated rings. The number of carbonyl (C=O) groups is 1. The molecule has 94 valence electrons. The van der Waals surface area contributed by atoms with Crippen LogP contribution in [0.4, 0.5) is 5.95 Å². The Bertz CT molecular complexity index is 682. The zero-order valence-corrected chi connectivity index (χ0v) is 10.7. The molecule has 0 saturated carbocycles. The normalized spacial score (nSPS) is 10.8. The summed E-state index contributed by atoms with van der Waals surface area (Å²) in [5.74, 6) is -0.187. The van der Waals surface area contributed by atoms with Crippen LogP contribution in [0.25, 0.3) is 11.2 Å². The molecule has 3 N–H and O–H groups in total. The highest BCUT2D eigenvalue weighted by molar-refractivity contribution is 7.98. The number of nitrogens with zero attached hydrogens (tertiary/aromatic N) is 3. The molecule has 0 spiro atoms. The van der Waals surface area contributed by atoms with E-state index in [1.54, 1.807) is 13.2 Å². The molecular weight excluding hydrogens is 254 g/mol. The third kappa shape index (κ3) is 2.06. The van der Waals surface area contributed by atoms with Gasteiger partial charge in [-0.3, -0.25) is 14.6 Å². The van der Waals surface area contributed by atoms with Crippen LogP contribution >= 0.6 is 11.8 Å². The van der Waals surface area contributed by atoms with Crippen molar-refractivity contribution >= 4 is 34.7 Å². The number of hydrogen-bond acceptors (Lipinski definition) is 7. The Morgan fingerprint density at radius 2 is 2.11 bits per heavy atom. The van der Waals surface area contributed by atoms with Gasteiger partial charge in [-0.05, 0) is 6.26 Å². The van der Waals surface area contributed by atoms with E-state index >= 15 is 0 Å². The van der Waals surface area contributed by atoms with Crippen LogP contribution in [0, 0.1) is 0 Å². The van der Waals surface area contributed by atoms with Gasteiger partial charge in [-0.15, -0.1) is 11.8 Å². The lowest BCUT2D eigenvalue weighted by Gasteiger charge is -2.05. The first-order valence-corrected chi connectivity index (χ1v) is 6.44. The number of H-pyrrole nitrogens is 1. The van der Waals surface area contributed by atoms with Crippen molar-refractivity contribution in [2.45, 2.75) is 18.4 Å². The van der Waals surface area contributed by atoms with Crippen molar-refractivity contribution in [1.29, 1.82) is 0 Å². The number of carbonyl (C=O) groups excluding carboxylic acids is 1. The van der Waals surface area contributed by atoms with Crippen LogP contribution in [0.2, 0.25) is 0 Å². The predicted octanol–water partition coefficient (Wildman–Crippen LogP) is 0.610. The summed E-state index contributed by atoms with van der Waals surface area (Å²) in [4.78, 5) is 37.8. The summed E-state index contributed by atoms with van der Waals surface area (Å²) >= 11 is 1.28. The van der Waals surface area contributed by atoms with Gasteiger partial charge in [-0.25, -0.2) is 9.97 Å². The molecule has 0 radical (unpaired) electrons. The van der Waals surface area contributed by atoms with Gasteiger partial charge in [0.15, 0.2) is 16.9 Å². The number of ketones is 1. The molecule has 0 aliphatic carbocycles. The second kappa shape index (κ2) is 4.73. The molecule has 0 aromatic carbocycles. The van der Waals surface area contributed by atoms with Gasteiger partial charge in [0.2, 0.25) is 5.95 Å². The van der Waals surface area contributed by atoms with E-state index in [0.717, 1.165) is 0 Å². The Morgan fingerprint density at radius 1 is 1.39 bits per heavy atom. The number of rotatable bonds is 3. The van der Waals surface area contributed by atoms with Gasteiger partial charge >= 0.3 is 0 Å². The third-order valence-corrected chi connectivity index (χ3v) is 2.98. The Hall–Kier alpha value is -1.96. The Morgan fingerprint density at radius 3 is 2.72 bits per heavy atom. The molecule has 8 heteroatoms. The number of aromatic amines is 1. The first-order valence-electron chi connectivity index (χ1n) is 5.21. The monoisotopic (exact) mass is 265 g/mol. The fourth-order valence-electron chi connectivity index (χ4n) is 1.45. The molecule has 18 heavy (non-hydrogen) atoms. The fraction of sp³-hybridized carbons (Fsp3) is 0.300. The fourth-order valence-corrected chi connectivity index (χ4v) is 1.98. The van der Waals surface area contributed by atoms with Crippen molar-refractivity contribution in [2.75, 3.05) is 12.0 Å². The van der Waals surface area contributed by atoms with Crippen LogP contribution in [0.15, 0.2) is 9.82 Å². The molecular formula is C10H11N5O2S. The number of nitrogen functional groups attached to an aromatic ring is 1. The van der Waals surface area contributed by atoms with Crippen molar-refractivity contribution in [3.05, 3.63) is 16.0 Å². The van der Waals surface area contributed by atoms with Gasteiger partial charge in [-0.2, -0.15) is 4.98 Å². The number of hydrogen-bond donors (Lipinski definition) is 2. The Balaban J connectivity index is 2.81. The number of nitrogens with one attached hydrogen (secondary N) is 1. The highest BCUT2D eigenvalue weighted by atomic mass is 32.2. The highest BCUT2D eigenvalue weighted by Gasteiger charge is 2.16.